The zero-order valence-electron chi connectivity index (χ0n) is 12.4. The summed E-state index contributed by atoms with van der Waals surface area (Å²) < 4.78 is 15.6. The molecule has 1 aromatic carbocycles. The highest BCUT2D eigenvalue weighted by Gasteiger charge is 2.23. The zero-order valence-corrected chi connectivity index (χ0v) is 13.1. The molecule has 0 fully saturated rings. The second kappa shape index (κ2) is 6.32. The summed E-state index contributed by atoms with van der Waals surface area (Å²) in [5, 5.41) is 4.29. The minimum atomic E-state index is -0.603. The average Bonchev–Trinajstić information content (AvgIpc) is 2.96. The highest BCUT2D eigenvalue weighted by atomic mass is 35.5. The number of rotatable bonds is 5. The van der Waals surface area contributed by atoms with E-state index in [2.05, 4.69) is 10.1 Å². The molecule has 0 amide bonds. The molecule has 0 aliphatic heterocycles. The van der Waals surface area contributed by atoms with Gasteiger partial charge in [0, 0.05) is 5.92 Å². The van der Waals surface area contributed by atoms with Crippen LogP contribution in [0.5, 0.6) is 11.5 Å². The Balaban J connectivity index is 2.40. The summed E-state index contributed by atoms with van der Waals surface area (Å²) >= 11 is 6.34. The van der Waals surface area contributed by atoms with Crippen LogP contribution in [0.2, 0.25) is 5.02 Å². The van der Waals surface area contributed by atoms with E-state index in [0.29, 0.717) is 33.8 Å². The minimum absolute atomic E-state index is 0.138. The molecule has 1 atom stereocenters. The van der Waals surface area contributed by atoms with Crippen LogP contribution in [0.15, 0.2) is 16.7 Å². The minimum Gasteiger partial charge on any atom is -0.493 e. The van der Waals surface area contributed by atoms with Gasteiger partial charge in [-0.2, -0.15) is 4.98 Å². The third kappa shape index (κ3) is 2.96. The number of hydrogen-bond donors (Lipinski definition) is 1. The van der Waals surface area contributed by atoms with Gasteiger partial charge in [0.2, 0.25) is 5.89 Å². The van der Waals surface area contributed by atoms with Crippen LogP contribution in [-0.2, 0) is 0 Å². The van der Waals surface area contributed by atoms with E-state index in [0.717, 1.165) is 0 Å². The van der Waals surface area contributed by atoms with E-state index < -0.39 is 6.04 Å². The van der Waals surface area contributed by atoms with Crippen molar-refractivity contribution in [2.45, 2.75) is 25.8 Å². The molecule has 0 aliphatic carbocycles. The lowest BCUT2D eigenvalue weighted by atomic mass is 10.1. The van der Waals surface area contributed by atoms with Crippen molar-refractivity contribution in [3.8, 4) is 11.5 Å². The monoisotopic (exact) mass is 311 g/mol. The fourth-order valence-electron chi connectivity index (χ4n) is 1.89. The van der Waals surface area contributed by atoms with Crippen LogP contribution in [0.1, 0.15) is 43.1 Å². The summed E-state index contributed by atoms with van der Waals surface area (Å²) in [7, 11) is 3.06. The normalized spacial score (nSPS) is 12.5. The number of hydrogen-bond acceptors (Lipinski definition) is 6. The van der Waals surface area contributed by atoms with E-state index in [4.69, 9.17) is 31.3 Å². The smallest absolute Gasteiger partial charge is 0.229 e. The third-order valence-electron chi connectivity index (χ3n) is 3.08. The molecule has 2 aromatic rings. The number of halogens is 1. The molecule has 1 aromatic heterocycles. The van der Waals surface area contributed by atoms with E-state index in [-0.39, 0.29) is 5.92 Å². The first-order chi connectivity index (χ1) is 9.99. The van der Waals surface area contributed by atoms with Gasteiger partial charge in [-0.3, -0.25) is 0 Å². The molecule has 2 N–H and O–H groups in total. The van der Waals surface area contributed by atoms with Crippen molar-refractivity contribution in [3.63, 3.8) is 0 Å². The highest BCUT2D eigenvalue weighted by molar-refractivity contribution is 6.33. The Morgan fingerprint density at radius 1 is 1.24 bits per heavy atom. The first-order valence-corrected chi connectivity index (χ1v) is 6.86. The van der Waals surface area contributed by atoms with Crippen LogP contribution in [0.25, 0.3) is 0 Å². The molecule has 0 spiro atoms. The first-order valence-electron chi connectivity index (χ1n) is 6.49. The maximum absolute atomic E-state index is 6.34. The lowest BCUT2D eigenvalue weighted by Crippen LogP contribution is -2.14. The average molecular weight is 312 g/mol. The molecular weight excluding hydrogens is 294 g/mol. The Kier molecular flexibility index (Phi) is 4.69. The van der Waals surface area contributed by atoms with Crippen molar-refractivity contribution in [1.29, 1.82) is 0 Å². The van der Waals surface area contributed by atoms with Crippen LogP contribution in [0.4, 0.5) is 0 Å². The summed E-state index contributed by atoms with van der Waals surface area (Å²) in [6, 6.07) is 2.90. The molecule has 0 saturated heterocycles. The SMILES string of the molecule is COc1ccc(C(N)c2noc(C(C)C)n2)c(Cl)c1OC. The van der Waals surface area contributed by atoms with E-state index in [1.807, 2.05) is 13.8 Å². The Hall–Kier alpha value is -1.79. The second-order valence-corrected chi connectivity index (χ2v) is 5.21. The zero-order chi connectivity index (χ0) is 15.6. The van der Waals surface area contributed by atoms with Crippen molar-refractivity contribution < 1.29 is 14.0 Å². The predicted molar refractivity (Wildman–Crippen MR) is 79.0 cm³/mol. The Labute approximate surface area is 128 Å². The van der Waals surface area contributed by atoms with Gasteiger partial charge in [-0.15, -0.1) is 0 Å². The molecule has 114 valence electrons. The fraction of sp³-hybridized carbons (Fsp3) is 0.429. The number of nitrogens with two attached hydrogens (primary N) is 1. The maximum Gasteiger partial charge on any atom is 0.229 e. The van der Waals surface area contributed by atoms with Gasteiger partial charge in [0.15, 0.2) is 17.3 Å². The topological polar surface area (TPSA) is 83.4 Å². The molecule has 7 heteroatoms. The van der Waals surface area contributed by atoms with Gasteiger partial charge in [0.05, 0.1) is 25.3 Å². The summed E-state index contributed by atoms with van der Waals surface area (Å²) in [4.78, 5) is 4.29. The summed E-state index contributed by atoms with van der Waals surface area (Å²) in [6.07, 6.45) is 0. The molecule has 1 heterocycles. The standard InChI is InChI=1S/C14H18ClN3O3/c1-7(2)14-17-13(18-21-14)11(16)8-5-6-9(19-3)12(20-4)10(8)15/h5-7,11H,16H2,1-4H3. The van der Waals surface area contributed by atoms with Crippen LogP contribution in [0, 0.1) is 0 Å². The lowest BCUT2D eigenvalue weighted by Gasteiger charge is -2.15. The summed E-state index contributed by atoms with van der Waals surface area (Å²) in [5.41, 5.74) is 6.82. The van der Waals surface area contributed by atoms with Gasteiger partial charge in [0.1, 0.15) is 0 Å². The number of methoxy groups -OCH3 is 2. The Morgan fingerprint density at radius 3 is 2.48 bits per heavy atom. The molecule has 1 unspecified atom stereocenters. The van der Waals surface area contributed by atoms with Gasteiger partial charge in [0.25, 0.3) is 0 Å². The maximum atomic E-state index is 6.34. The Morgan fingerprint density at radius 2 is 1.95 bits per heavy atom. The van der Waals surface area contributed by atoms with Crippen LogP contribution >= 0.6 is 11.6 Å². The van der Waals surface area contributed by atoms with Crippen LogP contribution in [-0.4, -0.2) is 24.4 Å². The van der Waals surface area contributed by atoms with Gasteiger partial charge in [-0.1, -0.05) is 36.7 Å². The molecule has 6 nitrogen and oxygen atoms in total. The number of ether oxygens (including phenoxy) is 2. The molecule has 0 radical (unpaired) electrons. The van der Waals surface area contributed by atoms with Gasteiger partial charge in [-0.25, -0.2) is 0 Å². The summed E-state index contributed by atoms with van der Waals surface area (Å²) in [5.74, 6) is 2.03. The van der Waals surface area contributed by atoms with E-state index in [9.17, 15) is 0 Å². The molecule has 0 bridgehead atoms. The molecule has 0 aliphatic rings. The first kappa shape index (κ1) is 15.6. The van der Waals surface area contributed by atoms with Crippen molar-refractivity contribution in [1.82, 2.24) is 10.1 Å². The molecule has 21 heavy (non-hydrogen) atoms. The quantitative estimate of drug-likeness (QED) is 0.914. The van der Waals surface area contributed by atoms with E-state index in [1.54, 1.807) is 19.2 Å². The lowest BCUT2D eigenvalue weighted by molar-refractivity contribution is 0.354. The Bertz CT molecular complexity index is 628. The summed E-state index contributed by atoms with van der Waals surface area (Å²) in [6.45, 7) is 3.93. The number of nitrogens with zero attached hydrogens (tertiary/aromatic N) is 2. The van der Waals surface area contributed by atoms with Crippen LogP contribution in [0.3, 0.4) is 0 Å². The number of aromatic nitrogens is 2. The fourth-order valence-corrected chi connectivity index (χ4v) is 2.24. The van der Waals surface area contributed by atoms with E-state index >= 15 is 0 Å². The van der Waals surface area contributed by atoms with Crippen LogP contribution < -0.4 is 15.2 Å². The molecule has 2 rings (SSSR count). The van der Waals surface area contributed by atoms with Crippen molar-refractivity contribution in [2.75, 3.05) is 14.2 Å². The second-order valence-electron chi connectivity index (χ2n) is 4.83. The van der Waals surface area contributed by atoms with Crippen molar-refractivity contribution in [3.05, 3.63) is 34.4 Å². The van der Waals surface area contributed by atoms with Crippen molar-refractivity contribution >= 4 is 11.6 Å². The molecular formula is C14H18ClN3O3. The largest absolute Gasteiger partial charge is 0.493 e. The molecule has 0 saturated carbocycles. The highest BCUT2D eigenvalue weighted by Crippen LogP contribution is 2.40. The van der Waals surface area contributed by atoms with Crippen molar-refractivity contribution in [2.24, 2.45) is 5.73 Å². The third-order valence-corrected chi connectivity index (χ3v) is 3.47. The number of benzene rings is 1. The predicted octanol–water partition coefficient (Wildman–Crippen LogP) is 2.91. The van der Waals surface area contributed by atoms with E-state index in [1.165, 1.54) is 7.11 Å². The van der Waals surface area contributed by atoms with Gasteiger partial charge >= 0.3 is 0 Å². The van der Waals surface area contributed by atoms with Gasteiger partial charge in [-0.05, 0) is 11.6 Å². The van der Waals surface area contributed by atoms with Gasteiger partial charge < -0.3 is 19.7 Å².